The lowest BCUT2D eigenvalue weighted by atomic mass is 10.1. The van der Waals surface area contributed by atoms with E-state index in [0.29, 0.717) is 29.6 Å². The van der Waals surface area contributed by atoms with Crippen molar-refractivity contribution in [3.8, 4) is 5.75 Å². The molecule has 0 aliphatic carbocycles. The first-order chi connectivity index (χ1) is 12.6. The summed E-state index contributed by atoms with van der Waals surface area (Å²) in [5.41, 5.74) is 1.52. The van der Waals surface area contributed by atoms with Crippen LogP contribution in [0.5, 0.6) is 5.75 Å². The van der Waals surface area contributed by atoms with Crippen molar-refractivity contribution in [1.82, 2.24) is 15.1 Å². The minimum atomic E-state index is -0.344. The first kappa shape index (κ1) is 17.4. The Hall–Kier alpha value is -3.42. The number of nitrogens with zero attached hydrogens (tertiary/aromatic N) is 3. The van der Waals surface area contributed by atoms with E-state index in [0.717, 1.165) is 12.2 Å². The average Bonchev–Trinajstić information content (AvgIpc) is 3.07. The maximum atomic E-state index is 12.1. The molecule has 2 aromatic heterocycles. The van der Waals surface area contributed by atoms with E-state index < -0.39 is 0 Å². The molecule has 0 radical (unpaired) electrons. The predicted octanol–water partition coefficient (Wildman–Crippen LogP) is 2.69. The zero-order valence-corrected chi connectivity index (χ0v) is 14.5. The van der Waals surface area contributed by atoms with Crippen LogP contribution in [0, 0.1) is 6.92 Å². The largest absolute Gasteiger partial charge is 0.497 e. The molecule has 8 nitrogen and oxygen atoms in total. The molecule has 0 aliphatic rings. The minimum Gasteiger partial charge on any atom is -0.497 e. The lowest BCUT2D eigenvalue weighted by Gasteiger charge is -2.06. The summed E-state index contributed by atoms with van der Waals surface area (Å²) < 4.78 is 10.0. The number of amides is 1. The number of rotatable bonds is 7. The predicted molar refractivity (Wildman–Crippen MR) is 96.4 cm³/mol. The lowest BCUT2D eigenvalue weighted by molar-refractivity contribution is 0.102. The highest BCUT2D eigenvalue weighted by molar-refractivity contribution is 6.03. The van der Waals surface area contributed by atoms with Gasteiger partial charge >= 0.3 is 0 Å². The highest BCUT2D eigenvalue weighted by Gasteiger charge is 2.10. The molecule has 2 N–H and O–H groups in total. The summed E-state index contributed by atoms with van der Waals surface area (Å²) in [7, 11) is 1.64. The van der Waals surface area contributed by atoms with Gasteiger partial charge < -0.3 is 19.9 Å². The molecule has 2 heterocycles. The Morgan fingerprint density at radius 1 is 1.19 bits per heavy atom. The molecule has 0 saturated heterocycles. The Kier molecular flexibility index (Phi) is 5.43. The number of benzene rings is 1. The average molecular weight is 353 g/mol. The van der Waals surface area contributed by atoms with Gasteiger partial charge in [-0.05, 0) is 31.0 Å². The van der Waals surface area contributed by atoms with Gasteiger partial charge in [-0.15, -0.1) is 0 Å². The summed E-state index contributed by atoms with van der Waals surface area (Å²) in [6, 6.07) is 9.51. The van der Waals surface area contributed by atoms with Gasteiger partial charge in [-0.2, -0.15) is 0 Å². The molecule has 1 amide bonds. The van der Waals surface area contributed by atoms with Crippen LogP contribution in [0.2, 0.25) is 0 Å². The molecule has 0 bridgehead atoms. The van der Waals surface area contributed by atoms with Gasteiger partial charge in [-0.25, -0.2) is 9.97 Å². The molecule has 0 spiro atoms. The van der Waals surface area contributed by atoms with Crippen molar-refractivity contribution in [1.29, 1.82) is 0 Å². The standard InChI is InChI=1S/C18H19N5O3/c1-12-9-16(23-26-12)22-17(24)14-10-20-18(21-11-14)19-8-7-13-3-5-15(25-2)6-4-13/h3-6,9-11H,7-8H2,1-2H3,(H,19,20,21)(H,22,23,24). The van der Waals surface area contributed by atoms with Gasteiger partial charge in [0.05, 0.1) is 12.7 Å². The number of carbonyl (C=O) groups is 1. The van der Waals surface area contributed by atoms with Crippen LogP contribution in [-0.2, 0) is 6.42 Å². The highest BCUT2D eigenvalue weighted by atomic mass is 16.5. The number of aromatic nitrogens is 3. The molecule has 3 aromatic rings. The fraction of sp³-hybridized carbons (Fsp3) is 0.222. The smallest absolute Gasteiger partial charge is 0.260 e. The van der Waals surface area contributed by atoms with E-state index in [1.165, 1.54) is 18.0 Å². The highest BCUT2D eigenvalue weighted by Crippen LogP contribution is 2.12. The molecule has 26 heavy (non-hydrogen) atoms. The van der Waals surface area contributed by atoms with Gasteiger partial charge in [-0.1, -0.05) is 17.3 Å². The van der Waals surface area contributed by atoms with Crippen molar-refractivity contribution >= 4 is 17.7 Å². The fourth-order valence-electron chi connectivity index (χ4n) is 2.26. The maximum absolute atomic E-state index is 12.1. The third kappa shape index (κ3) is 4.56. The fourth-order valence-corrected chi connectivity index (χ4v) is 2.26. The van der Waals surface area contributed by atoms with E-state index in [1.807, 2.05) is 24.3 Å². The molecule has 0 atom stereocenters. The third-order valence-electron chi connectivity index (χ3n) is 3.64. The summed E-state index contributed by atoms with van der Waals surface area (Å²) in [5, 5.41) is 9.46. The topological polar surface area (TPSA) is 102 Å². The molecule has 0 unspecified atom stereocenters. The maximum Gasteiger partial charge on any atom is 0.260 e. The molecular formula is C18H19N5O3. The SMILES string of the molecule is COc1ccc(CCNc2ncc(C(=O)Nc3cc(C)on3)cn2)cc1. The second kappa shape index (κ2) is 8.11. The van der Waals surface area contributed by atoms with Crippen LogP contribution in [0.15, 0.2) is 47.2 Å². The van der Waals surface area contributed by atoms with Gasteiger partial charge in [0.25, 0.3) is 5.91 Å². The van der Waals surface area contributed by atoms with Crippen molar-refractivity contribution in [2.24, 2.45) is 0 Å². The Morgan fingerprint density at radius 2 is 1.92 bits per heavy atom. The van der Waals surface area contributed by atoms with Crippen molar-refractivity contribution < 1.29 is 14.1 Å². The summed E-state index contributed by atoms with van der Waals surface area (Å²) in [6.07, 6.45) is 3.75. The van der Waals surface area contributed by atoms with Crippen molar-refractivity contribution in [3.63, 3.8) is 0 Å². The number of ether oxygens (including phenoxy) is 1. The van der Waals surface area contributed by atoms with Crippen LogP contribution >= 0.6 is 0 Å². The minimum absolute atomic E-state index is 0.339. The zero-order valence-electron chi connectivity index (χ0n) is 14.5. The van der Waals surface area contributed by atoms with Crippen molar-refractivity contribution in [2.75, 3.05) is 24.3 Å². The second-order valence-electron chi connectivity index (χ2n) is 5.60. The monoisotopic (exact) mass is 353 g/mol. The van der Waals surface area contributed by atoms with Crippen LogP contribution in [0.25, 0.3) is 0 Å². The van der Waals surface area contributed by atoms with Crippen LogP contribution in [0.1, 0.15) is 21.7 Å². The summed E-state index contributed by atoms with van der Waals surface area (Å²) in [5.74, 6) is 1.93. The third-order valence-corrected chi connectivity index (χ3v) is 3.64. The number of hydrogen-bond acceptors (Lipinski definition) is 7. The zero-order chi connectivity index (χ0) is 18.4. The van der Waals surface area contributed by atoms with E-state index in [-0.39, 0.29) is 5.91 Å². The Morgan fingerprint density at radius 3 is 2.54 bits per heavy atom. The van der Waals surface area contributed by atoms with E-state index >= 15 is 0 Å². The molecule has 8 heteroatoms. The Balaban J connectivity index is 1.49. The number of aryl methyl sites for hydroxylation is 1. The van der Waals surface area contributed by atoms with Crippen molar-refractivity contribution in [3.05, 3.63) is 59.6 Å². The molecule has 0 aliphatic heterocycles. The van der Waals surface area contributed by atoms with Crippen molar-refractivity contribution in [2.45, 2.75) is 13.3 Å². The van der Waals surface area contributed by atoms with Crippen LogP contribution in [-0.4, -0.2) is 34.7 Å². The van der Waals surface area contributed by atoms with E-state index in [4.69, 9.17) is 9.26 Å². The number of carbonyl (C=O) groups excluding carboxylic acids is 1. The van der Waals surface area contributed by atoms with Crippen LogP contribution in [0.3, 0.4) is 0 Å². The van der Waals surface area contributed by atoms with Gasteiger partial charge in [0.1, 0.15) is 11.5 Å². The van der Waals surface area contributed by atoms with Gasteiger partial charge in [-0.3, -0.25) is 4.79 Å². The van der Waals surface area contributed by atoms with E-state index in [1.54, 1.807) is 20.1 Å². The first-order valence-electron chi connectivity index (χ1n) is 8.07. The molecule has 134 valence electrons. The molecule has 0 saturated carbocycles. The number of hydrogen-bond donors (Lipinski definition) is 2. The number of methoxy groups -OCH3 is 1. The first-order valence-corrected chi connectivity index (χ1v) is 8.07. The molecular weight excluding hydrogens is 334 g/mol. The Labute approximate surface area is 150 Å². The lowest BCUT2D eigenvalue weighted by Crippen LogP contribution is -2.14. The van der Waals surface area contributed by atoms with E-state index in [2.05, 4.69) is 25.8 Å². The number of nitrogens with one attached hydrogen (secondary N) is 2. The summed E-state index contributed by atoms with van der Waals surface area (Å²) in [4.78, 5) is 20.4. The van der Waals surface area contributed by atoms with E-state index in [9.17, 15) is 4.79 Å². The molecule has 1 aromatic carbocycles. The quantitative estimate of drug-likeness (QED) is 0.673. The van der Waals surface area contributed by atoms with Crippen LogP contribution in [0.4, 0.5) is 11.8 Å². The molecule has 3 rings (SSSR count). The summed E-state index contributed by atoms with van der Waals surface area (Å²) in [6.45, 7) is 2.42. The summed E-state index contributed by atoms with van der Waals surface area (Å²) >= 11 is 0. The number of anilines is 2. The second-order valence-corrected chi connectivity index (χ2v) is 5.60. The Bertz CT molecular complexity index is 859. The van der Waals surface area contributed by atoms with Gasteiger partial charge in [0.15, 0.2) is 5.82 Å². The van der Waals surface area contributed by atoms with Crippen LogP contribution < -0.4 is 15.4 Å². The normalized spacial score (nSPS) is 10.4. The van der Waals surface area contributed by atoms with Gasteiger partial charge in [0, 0.05) is 25.0 Å². The molecule has 0 fully saturated rings. The van der Waals surface area contributed by atoms with Gasteiger partial charge in [0.2, 0.25) is 5.95 Å².